The average molecular weight is 346 g/mol. The zero-order valence-electron chi connectivity index (χ0n) is 11.5. The van der Waals surface area contributed by atoms with E-state index in [0.29, 0.717) is 25.6 Å². The second kappa shape index (κ2) is 5.36. The van der Waals surface area contributed by atoms with Crippen LogP contribution in [0.15, 0.2) is 42.5 Å². The number of hydrogen-bond donors (Lipinski definition) is 1. The molecule has 4 aromatic rings. The Morgan fingerprint density at radius 1 is 0.957 bits per heavy atom. The number of halogens is 2. The topological polar surface area (TPSA) is 42.0 Å². The van der Waals surface area contributed by atoms with Crippen LogP contribution in [-0.4, -0.2) is 10.9 Å². The van der Waals surface area contributed by atoms with Gasteiger partial charge in [0, 0.05) is 4.70 Å². The van der Waals surface area contributed by atoms with Crippen LogP contribution >= 0.6 is 22.7 Å². The molecule has 23 heavy (non-hydrogen) atoms. The van der Waals surface area contributed by atoms with Crippen molar-refractivity contribution in [1.29, 1.82) is 0 Å². The molecule has 0 aliphatic rings. The Balaban J connectivity index is 1.64. The maximum Gasteiger partial charge on any atom is 0.267 e. The summed E-state index contributed by atoms with van der Waals surface area (Å²) in [5, 5.41) is 3.79. The first-order chi connectivity index (χ1) is 11.1. The summed E-state index contributed by atoms with van der Waals surface area (Å²) in [7, 11) is 0. The molecular weight excluding hydrogens is 338 g/mol. The van der Waals surface area contributed by atoms with E-state index in [0.717, 1.165) is 4.70 Å². The molecule has 114 valence electrons. The molecule has 0 saturated heterocycles. The van der Waals surface area contributed by atoms with E-state index >= 15 is 0 Å². The van der Waals surface area contributed by atoms with Crippen molar-refractivity contribution in [3.8, 4) is 0 Å². The molecule has 0 fully saturated rings. The third kappa shape index (κ3) is 2.69. The van der Waals surface area contributed by atoms with Crippen molar-refractivity contribution in [3.05, 3.63) is 59.0 Å². The Morgan fingerprint density at radius 3 is 2.61 bits per heavy atom. The lowest BCUT2D eigenvalue weighted by molar-refractivity contribution is 0.103. The lowest BCUT2D eigenvalue weighted by atomic mass is 10.2. The number of amides is 1. The van der Waals surface area contributed by atoms with E-state index < -0.39 is 0 Å². The van der Waals surface area contributed by atoms with Crippen molar-refractivity contribution < 1.29 is 13.6 Å². The second-order valence-corrected chi connectivity index (χ2v) is 6.99. The molecule has 1 amide bonds. The fourth-order valence-corrected chi connectivity index (χ4v) is 4.06. The van der Waals surface area contributed by atoms with Crippen LogP contribution < -0.4 is 5.32 Å². The third-order valence-corrected chi connectivity index (χ3v) is 5.32. The average Bonchev–Trinajstić information content (AvgIpc) is 3.09. The van der Waals surface area contributed by atoms with Gasteiger partial charge in [0.15, 0.2) is 5.13 Å². The van der Waals surface area contributed by atoms with E-state index in [9.17, 15) is 13.6 Å². The van der Waals surface area contributed by atoms with Crippen LogP contribution in [0, 0.1) is 11.6 Å². The smallest absolute Gasteiger partial charge is 0.267 e. The molecule has 2 aromatic carbocycles. The Morgan fingerprint density at radius 2 is 1.74 bits per heavy atom. The molecule has 4 rings (SSSR count). The van der Waals surface area contributed by atoms with Crippen LogP contribution in [0.1, 0.15) is 9.67 Å². The molecule has 0 spiro atoms. The van der Waals surface area contributed by atoms with Gasteiger partial charge in [-0.05, 0) is 47.9 Å². The number of carbonyl (C=O) groups excluding carboxylic acids is 1. The van der Waals surface area contributed by atoms with Gasteiger partial charge in [-0.1, -0.05) is 11.3 Å². The fourth-order valence-electron chi connectivity index (χ4n) is 2.24. The first-order valence-electron chi connectivity index (χ1n) is 6.65. The summed E-state index contributed by atoms with van der Waals surface area (Å²) in [5.74, 6) is -0.993. The first kappa shape index (κ1) is 14.2. The number of rotatable bonds is 2. The molecule has 0 aliphatic carbocycles. The van der Waals surface area contributed by atoms with E-state index in [2.05, 4.69) is 10.3 Å². The Labute approximate surface area is 137 Å². The molecule has 0 saturated carbocycles. The summed E-state index contributed by atoms with van der Waals surface area (Å²) >= 11 is 2.49. The maximum atomic E-state index is 13.2. The van der Waals surface area contributed by atoms with E-state index in [1.54, 1.807) is 18.2 Å². The van der Waals surface area contributed by atoms with Crippen LogP contribution in [0.3, 0.4) is 0 Å². The Kier molecular flexibility index (Phi) is 3.32. The molecule has 1 N–H and O–H groups in total. The second-order valence-electron chi connectivity index (χ2n) is 4.88. The van der Waals surface area contributed by atoms with Gasteiger partial charge in [0.2, 0.25) is 0 Å². The largest absolute Gasteiger partial charge is 0.297 e. The number of thiazole rings is 1. The van der Waals surface area contributed by atoms with Crippen molar-refractivity contribution in [1.82, 2.24) is 4.98 Å². The standard InChI is InChI=1S/C16H8F2N2OS2/c17-9-2-4-12-8(5-9)6-14(22-12)15(21)20-16-19-11-3-1-10(18)7-13(11)23-16/h1-7H,(H,19,20,21). The first-order valence-corrected chi connectivity index (χ1v) is 8.28. The van der Waals surface area contributed by atoms with Crippen molar-refractivity contribution in [3.63, 3.8) is 0 Å². The third-order valence-electron chi connectivity index (χ3n) is 3.27. The number of carbonyl (C=O) groups is 1. The van der Waals surface area contributed by atoms with E-state index in [4.69, 9.17) is 0 Å². The van der Waals surface area contributed by atoms with Crippen LogP contribution in [0.25, 0.3) is 20.3 Å². The van der Waals surface area contributed by atoms with Gasteiger partial charge in [-0.3, -0.25) is 10.1 Å². The molecule has 7 heteroatoms. The van der Waals surface area contributed by atoms with Crippen molar-refractivity contribution in [2.75, 3.05) is 5.32 Å². The van der Waals surface area contributed by atoms with Gasteiger partial charge in [-0.15, -0.1) is 11.3 Å². The van der Waals surface area contributed by atoms with E-state index in [1.807, 2.05) is 0 Å². The highest BCUT2D eigenvalue weighted by molar-refractivity contribution is 7.23. The molecule has 0 radical (unpaired) electrons. The molecule has 0 aliphatic heterocycles. The number of thiophene rings is 1. The van der Waals surface area contributed by atoms with Gasteiger partial charge in [0.25, 0.3) is 5.91 Å². The van der Waals surface area contributed by atoms with Gasteiger partial charge >= 0.3 is 0 Å². The number of nitrogens with one attached hydrogen (secondary N) is 1. The number of aromatic nitrogens is 1. The minimum atomic E-state index is -0.342. The molecule has 3 nitrogen and oxygen atoms in total. The van der Waals surface area contributed by atoms with Crippen LogP contribution in [0.5, 0.6) is 0 Å². The van der Waals surface area contributed by atoms with E-state index in [-0.39, 0.29) is 17.5 Å². The summed E-state index contributed by atoms with van der Waals surface area (Å²) < 4.78 is 27.9. The van der Waals surface area contributed by atoms with Gasteiger partial charge in [0.1, 0.15) is 11.6 Å². The molecule has 2 heterocycles. The van der Waals surface area contributed by atoms with Crippen molar-refractivity contribution in [2.24, 2.45) is 0 Å². The summed E-state index contributed by atoms with van der Waals surface area (Å²) in [6, 6.07) is 10.3. The number of benzene rings is 2. The summed E-state index contributed by atoms with van der Waals surface area (Å²) in [6.45, 7) is 0. The highest BCUT2D eigenvalue weighted by atomic mass is 32.1. The van der Waals surface area contributed by atoms with Gasteiger partial charge in [-0.2, -0.15) is 0 Å². The monoisotopic (exact) mass is 346 g/mol. The predicted octanol–water partition coefficient (Wildman–Crippen LogP) is 5.04. The van der Waals surface area contributed by atoms with E-state index in [1.165, 1.54) is 46.9 Å². The molecule has 0 unspecified atom stereocenters. The maximum absolute atomic E-state index is 13.2. The number of nitrogens with zero attached hydrogens (tertiary/aromatic N) is 1. The lowest BCUT2D eigenvalue weighted by Gasteiger charge is -1.96. The Hall–Kier alpha value is -2.38. The fraction of sp³-hybridized carbons (Fsp3) is 0. The van der Waals surface area contributed by atoms with Crippen molar-refractivity contribution >= 4 is 54.0 Å². The van der Waals surface area contributed by atoms with Crippen LogP contribution in [0.4, 0.5) is 13.9 Å². The van der Waals surface area contributed by atoms with Crippen LogP contribution in [-0.2, 0) is 0 Å². The highest BCUT2D eigenvalue weighted by Gasteiger charge is 2.13. The zero-order valence-corrected chi connectivity index (χ0v) is 13.1. The zero-order chi connectivity index (χ0) is 16.0. The number of fused-ring (bicyclic) bond motifs is 2. The van der Waals surface area contributed by atoms with Gasteiger partial charge in [0.05, 0.1) is 15.1 Å². The predicted molar refractivity (Wildman–Crippen MR) is 89.3 cm³/mol. The highest BCUT2D eigenvalue weighted by Crippen LogP contribution is 2.29. The van der Waals surface area contributed by atoms with Crippen LogP contribution in [0.2, 0.25) is 0 Å². The SMILES string of the molecule is O=C(Nc1nc2ccc(F)cc2s1)c1cc2cc(F)ccc2s1. The van der Waals surface area contributed by atoms with Crippen molar-refractivity contribution in [2.45, 2.75) is 0 Å². The molecule has 2 aromatic heterocycles. The number of anilines is 1. The number of hydrogen-bond acceptors (Lipinski definition) is 4. The molecule has 0 bridgehead atoms. The summed E-state index contributed by atoms with van der Waals surface area (Å²) in [6.07, 6.45) is 0. The van der Waals surface area contributed by atoms with Gasteiger partial charge in [-0.25, -0.2) is 13.8 Å². The minimum Gasteiger partial charge on any atom is -0.297 e. The summed E-state index contributed by atoms with van der Waals surface area (Å²) in [5.41, 5.74) is 0.630. The molecule has 0 atom stereocenters. The Bertz CT molecular complexity index is 1050. The lowest BCUT2D eigenvalue weighted by Crippen LogP contribution is -2.09. The quantitative estimate of drug-likeness (QED) is 0.552. The van der Waals surface area contributed by atoms with Gasteiger partial charge < -0.3 is 0 Å². The minimum absolute atomic E-state index is 0.314. The summed E-state index contributed by atoms with van der Waals surface area (Å²) in [4.78, 5) is 17.0. The normalized spacial score (nSPS) is 11.2. The molecular formula is C16H8F2N2OS2.